The molecule has 1 N–H and O–H groups in total. The summed E-state index contributed by atoms with van der Waals surface area (Å²) in [5.41, 5.74) is 2.34. The highest BCUT2D eigenvalue weighted by Crippen LogP contribution is 2.23. The summed E-state index contributed by atoms with van der Waals surface area (Å²) in [6.07, 6.45) is 0.454. The Bertz CT molecular complexity index is 1290. The lowest BCUT2D eigenvalue weighted by molar-refractivity contribution is 0.306. The number of nitrogens with one attached hydrogen (secondary N) is 1. The van der Waals surface area contributed by atoms with Gasteiger partial charge < -0.3 is 9.47 Å². The van der Waals surface area contributed by atoms with Crippen molar-refractivity contribution in [1.82, 2.24) is 24.5 Å². The van der Waals surface area contributed by atoms with Gasteiger partial charge in [0.15, 0.2) is 11.5 Å². The van der Waals surface area contributed by atoms with Crippen LogP contribution >= 0.6 is 0 Å². The van der Waals surface area contributed by atoms with E-state index in [2.05, 4.69) is 20.0 Å². The maximum Gasteiger partial charge on any atom is 0.231 e. The smallest absolute Gasteiger partial charge is 0.231 e. The zero-order valence-electron chi connectivity index (χ0n) is 17.5. The Hall–Kier alpha value is -3.50. The fraction of sp³-hybridized carbons (Fsp3) is 0.227. The molecule has 4 rings (SSSR count). The van der Waals surface area contributed by atoms with Gasteiger partial charge in [0.25, 0.3) is 0 Å². The largest absolute Gasteiger partial charge is 0.497 e. The highest BCUT2D eigenvalue weighted by Gasteiger charge is 2.12. The van der Waals surface area contributed by atoms with Crippen LogP contribution in [0.15, 0.2) is 66.7 Å². The molecule has 0 unspecified atom stereocenters. The SMILES string of the molecule is COc1cccc(-c2nnc3ccc(OCCNS(=O)(=O)CCc4ccccc4)nn23)c1. The minimum atomic E-state index is -3.40. The number of hydrogen-bond donors (Lipinski definition) is 1. The van der Waals surface area contributed by atoms with Crippen molar-refractivity contribution in [1.29, 1.82) is 0 Å². The molecule has 0 fully saturated rings. The van der Waals surface area contributed by atoms with E-state index in [0.717, 1.165) is 11.1 Å². The molecule has 0 spiro atoms. The number of methoxy groups -OCH3 is 1. The average molecular weight is 454 g/mol. The van der Waals surface area contributed by atoms with E-state index in [-0.39, 0.29) is 18.9 Å². The van der Waals surface area contributed by atoms with E-state index in [1.165, 1.54) is 0 Å². The van der Waals surface area contributed by atoms with E-state index >= 15 is 0 Å². The Balaban J connectivity index is 1.35. The molecule has 166 valence electrons. The van der Waals surface area contributed by atoms with Gasteiger partial charge in [-0.3, -0.25) is 0 Å². The lowest BCUT2D eigenvalue weighted by Crippen LogP contribution is -2.31. The topological polar surface area (TPSA) is 108 Å². The normalized spacial score (nSPS) is 11.5. The van der Waals surface area contributed by atoms with Crippen LogP contribution in [0.25, 0.3) is 17.0 Å². The number of aromatic nitrogens is 4. The fourth-order valence-corrected chi connectivity index (χ4v) is 4.16. The second-order valence-electron chi connectivity index (χ2n) is 6.99. The predicted octanol–water partition coefficient (Wildman–Crippen LogP) is 2.34. The lowest BCUT2D eigenvalue weighted by Gasteiger charge is -2.09. The van der Waals surface area contributed by atoms with Crippen LogP contribution in [0.3, 0.4) is 0 Å². The molecule has 2 aromatic carbocycles. The summed E-state index contributed by atoms with van der Waals surface area (Å²) in [4.78, 5) is 0. The number of fused-ring (bicyclic) bond motifs is 1. The van der Waals surface area contributed by atoms with Crippen molar-refractivity contribution in [2.24, 2.45) is 0 Å². The Morgan fingerprint density at radius 2 is 1.84 bits per heavy atom. The van der Waals surface area contributed by atoms with E-state index in [0.29, 0.717) is 29.5 Å². The van der Waals surface area contributed by atoms with Gasteiger partial charge in [-0.2, -0.15) is 4.52 Å². The second kappa shape index (κ2) is 9.75. The first-order valence-electron chi connectivity index (χ1n) is 10.0. The van der Waals surface area contributed by atoms with Gasteiger partial charge in [-0.15, -0.1) is 15.3 Å². The van der Waals surface area contributed by atoms with Crippen LogP contribution in [-0.2, 0) is 16.4 Å². The van der Waals surface area contributed by atoms with Crippen LogP contribution in [0.4, 0.5) is 0 Å². The zero-order chi connectivity index (χ0) is 22.4. The molecular formula is C22H23N5O4S. The van der Waals surface area contributed by atoms with E-state index in [1.807, 2.05) is 54.6 Å². The molecular weight excluding hydrogens is 430 g/mol. The summed E-state index contributed by atoms with van der Waals surface area (Å²) in [7, 11) is -1.80. The number of nitrogens with zero attached hydrogens (tertiary/aromatic N) is 4. The Morgan fingerprint density at radius 3 is 2.66 bits per heavy atom. The second-order valence-corrected chi connectivity index (χ2v) is 8.92. The summed E-state index contributed by atoms with van der Waals surface area (Å²) in [5.74, 6) is 1.60. The van der Waals surface area contributed by atoms with Crippen molar-refractivity contribution in [2.75, 3.05) is 26.0 Å². The van der Waals surface area contributed by atoms with Crippen LogP contribution in [0.1, 0.15) is 5.56 Å². The maximum atomic E-state index is 12.2. The van der Waals surface area contributed by atoms with Crippen LogP contribution in [-0.4, -0.2) is 54.2 Å². The van der Waals surface area contributed by atoms with Gasteiger partial charge >= 0.3 is 0 Å². The third kappa shape index (κ3) is 5.40. The lowest BCUT2D eigenvalue weighted by atomic mass is 10.2. The van der Waals surface area contributed by atoms with E-state index < -0.39 is 10.0 Å². The first-order valence-corrected chi connectivity index (χ1v) is 11.7. The number of rotatable bonds is 10. The molecule has 32 heavy (non-hydrogen) atoms. The first kappa shape index (κ1) is 21.7. The minimum absolute atomic E-state index is 0.0197. The van der Waals surface area contributed by atoms with Crippen molar-refractivity contribution in [2.45, 2.75) is 6.42 Å². The molecule has 0 aliphatic heterocycles. The summed E-state index contributed by atoms with van der Waals surface area (Å²) >= 11 is 0. The van der Waals surface area contributed by atoms with E-state index in [4.69, 9.17) is 9.47 Å². The summed E-state index contributed by atoms with van der Waals surface area (Å²) in [6.45, 7) is 0.279. The molecule has 0 saturated heterocycles. The predicted molar refractivity (Wildman–Crippen MR) is 120 cm³/mol. The van der Waals surface area contributed by atoms with Crippen LogP contribution in [0.2, 0.25) is 0 Å². The number of sulfonamides is 1. The summed E-state index contributed by atoms with van der Waals surface area (Å²) < 4.78 is 39.4. The first-order chi connectivity index (χ1) is 15.5. The number of hydrogen-bond acceptors (Lipinski definition) is 7. The fourth-order valence-electron chi connectivity index (χ4n) is 3.11. The summed E-state index contributed by atoms with van der Waals surface area (Å²) in [6, 6.07) is 20.3. The highest BCUT2D eigenvalue weighted by atomic mass is 32.2. The van der Waals surface area contributed by atoms with E-state index in [9.17, 15) is 8.42 Å². The van der Waals surface area contributed by atoms with Gasteiger partial charge in [-0.05, 0) is 30.2 Å². The monoisotopic (exact) mass is 453 g/mol. The molecule has 10 heteroatoms. The van der Waals surface area contributed by atoms with Crippen LogP contribution in [0, 0.1) is 0 Å². The number of aryl methyl sites for hydroxylation is 1. The van der Waals surface area contributed by atoms with Crippen molar-refractivity contribution in [3.8, 4) is 23.0 Å². The van der Waals surface area contributed by atoms with Gasteiger partial charge in [-0.1, -0.05) is 42.5 Å². The Kier molecular flexibility index (Phi) is 6.62. The van der Waals surface area contributed by atoms with Crippen LogP contribution in [0.5, 0.6) is 11.6 Å². The average Bonchev–Trinajstić information content (AvgIpc) is 3.25. The molecule has 0 atom stereocenters. The van der Waals surface area contributed by atoms with Crippen molar-refractivity contribution in [3.05, 3.63) is 72.3 Å². The highest BCUT2D eigenvalue weighted by molar-refractivity contribution is 7.89. The van der Waals surface area contributed by atoms with Crippen molar-refractivity contribution >= 4 is 15.7 Å². The maximum absolute atomic E-state index is 12.2. The standard InChI is InChI=1S/C22H23N5O4S/c1-30-19-9-5-8-18(16-19)22-25-24-20-10-11-21(26-27(20)22)31-14-13-23-32(28,29)15-12-17-6-3-2-4-7-17/h2-11,16,23H,12-15H2,1H3. The molecule has 9 nitrogen and oxygen atoms in total. The number of benzene rings is 2. The minimum Gasteiger partial charge on any atom is -0.497 e. The summed E-state index contributed by atoms with van der Waals surface area (Å²) in [5, 5.41) is 12.8. The quantitative estimate of drug-likeness (QED) is 0.367. The van der Waals surface area contributed by atoms with Crippen molar-refractivity contribution < 1.29 is 17.9 Å². The molecule has 0 radical (unpaired) electrons. The Labute approximate surface area is 186 Å². The van der Waals surface area contributed by atoms with Gasteiger partial charge in [0.1, 0.15) is 12.4 Å². The van der Waals surface area contributed by atoms with Gasteiger partial charge in [0.05, 0.1) is 12.9 Å². The van der Waals surface area contributed by atoms with Gasteiger partial charge in [0, 0.05) is 18.2 Å². The molecule has 0 amide bonds. The zero-order valence-corrected chi connectivity index (χ0v) is 18.3. The molecule has 4 aromatic rings. The third-order valence-electron chi connectivity index (χ3n) is 4.74. The van der Waals surface area contributed by atoms with Gasteiger partial charge in [0.2, 0.25) is 15.9 Å². The van der Waals surface area contributed by atoms with Gasteiger partial charge in [-0.25, -0.2) is 13.1 Å². The Morgan fingerprint density at radius 1 is 1.00 bits per heavy atom. The van der Waals surface area contributed by atoms with Crippen molar-refractivity contribution in [3.63, 3.8) is 0 Å². The molecule has 0 bridgehead atoms. The van der Waals surface area contributed by atoms with E-state index in [1.54, 1.807) is 23.8 Å². The van der Waals surface area contributed by atoms with Crippen LogP contribution < -0.4 is 14.2 Å². The molecule has 2 heterocycles. The number of ether oxygens (including phenoxy) is 2. The molecule has 0 aliphatic rings. The third-order valence-corrected chi connectivity index (χ3v) is 6.13. The molecule has 0 aliphatic carbocycles. The molecule has 0 saturated carbocycles. The molecule has 2 aromatic heterocycles.